The van der Waals surface area contributed by atoms with Gasteiger partial charge in [-0.15, -0.1) is 0 Å². The van der Waals surface area contributed by atoms with Gasteiger partial charge in [-0.2, -0.15) is 0 Å². The zero-order valence-electron chi connectivity index (χ0n) is 16.0. The monoisotopic (exact) mass is 402 g/mol. The van der Waals surface area contributed by atoms with Crippen molar-refractivity contribution in [2.45, 2.75) is 0 Å². The fourth-order valence-corrected chi connectivity index (χ4v) is 3.33. The molecule has 3 aromatic carbocycles. The van der Waals surface area contributed by atoms with Gasteiger partial charge in [0.15, 0.2) is 0 Å². The SMILES string of the molecule is O=C(CNC(=O)c1ccc2ccccc2c1)OCCN1C(=O)c2ccccc2C1=O. The number of hydrogen-bond donors (Lipinski definition) is 1. The fourth-order valence-electron chi connectivity index (χ4n) is 3.33. The number of ether oxygens (including phenoxy) is 1. The number of nitrogens with zero attached hydrogens (tertiary/aromatic N) is 1. The second-order valence-electron chi connectivity index (χ2n) is 6.77. The van der Waals surface area contributed by atoms with Crippen molar-refractivity contribution >= 4 is 34.5 Å². The molecule has 30 heavy (non-hydrogen) atoms. The van der Waals surface area contributed by atoms with E-state index < -0.39 is 23.7 Å². The van der Waals surface area contributed by atoms with Crippen molar-refractivity contribution in [2.75, 3.05) is 19.7 Å². The lowest BCUT2D eigenvalue weighted by atomic mass is 10.1. The minimum absolute atomic E-state index is 0.0449. The highest BCUT2D eigenvalue weighted by atomic mass is 16.5. The Morgan fingerprint density at radius 3 is 2.17 bits per heavy atom. The second-order valence-corrected chi connectivity index (χ2v) is 6.77. The normalized spacial score (nSPS) is 12.7. The number of carbonyl (C=O) groups excluding carboxylic acids is 4. The first-order chi connectivity index (χ1) is 14.5. The predicted octanol–water partition coefficient (Wildman–Crippen LogP) is 2.41. The van der Waals surface area contributed by atoms with Crippen molar-refractivity contribution in [3.05, 3.63) is 83.4 Å². The van der Waals surface area contributed by atoms with E-state index in [9.17, 15) is 19.2 Å². The molecule has 3 amide bonds. The summed E-state index contributed by atoms with van der Waals surface area (Å²) in [6, 6.07) is 19.5. The van der Waals surface area contributed by atoms with Crippen LogP contribution in [0.4, 0.5) is 0 Å². The van der Waals surface area contributed by atoms with E-state index in [-0.39, 0.29) is 19.7 Å². The number of rotatable bonds is 6. The predicted molar refractivity (Wildman–Crippen MR) is 109 cm³/mol. The lowest BCUT2D eigenvalue weighted by molar-refractivity contribution is -0.142. The van der Waals surface area contributed by atoms with Crippen LogP contribution in [0, 0.1) is 0 Å². The lowest BCUT2D eigenvalue weighted by Gasteiger charge is -2.14. The Morgan fingerprint density at radius 1 is 0.833 bits per heavy atom. The van der Waals surface area contributed by atoms with Gasteiger partial charge in [-0.3, -0.25) is 24.1 Å². The summed E-state index contributed by atoms with van der Waals surface area (Å²) in [4.78, 5) is 49.8. The maximum atomic E-state index is 12.3. The van der Waals surface area contributed by atoms with E-state index in [1.807, 2.05) is 30.3 Å². The topological polar surface area (TPSA) is 92.8 Å². The van der Waals surface area contributed by atoms with Crippen LogP contribution in [-0.2, 0) is 9.53 Å². The molecule has 0 saturated heterocycles. The Kier molecular flexibility index (Phi) is 5.26. The molecule has 0 atom stereocenters. The first-order valence-corrected chi connectivity index (χ1v) is 9.42. The van der Waals surface area contributed by atoms with Crippen LogP contribution in [0.1, 0.15) is 31.1 Å². The quantitative estimate of drug-likeness (QED) is 0.505. The maximum Gasteiger partial charge on any atom is 0.325 e. The molecule has 1 aliphatic heterocycles. The van der Waals surface area contributed by atoms with Crippen LogP contribution < -0.4 is 5.32 Å². The molecule has 0 aromatic heterocycles. The second kappa shape index (κ2) is 8.16. The molecular formula is C23H18N2O5. The molecule has 0 fully saturated rings. The Balaban J connectivity index is 1.26. The number of nitrogens with one attached hydrogen (secondary N) is 1. The van der Waals surface area contributed by atoms with Crippen LogP contribution in [0.2, 0.25) is 0 Å². The van der Waals surface area contributed by atoms with Gasteiger partial charge in [0, 0.05) is 5.56 Å². The van der Waals surface area contributed by atoms with Gasteiger partial charge in [-0.25, -0.2) is 0 Å². The third-order valence-corrected chi connectivity index (χ3v) is 4.86. The Morgan fingerprint density at radius 2 is 1.47 bits per heavy atom. The number of imide groups is 1. The summed E-state index contributed by atoms with van der Waals surface area (Å²) in [6.07, 6.45) is 0. The van der Waals surface area contributed by atoms with E-state index in [4.69, 9.17) is 4.74 Å². The molecule has 0 bridgehead atoms. The van der Waals surface area contributed by atoms with Crippen molar-refractivity contribution < 1.29 is 23.9 Å². The first kappa shape index (κ1) is 19.3. The molecule has 7 nitrogen and oxygen atoms in total. The van der Waals surface area contributed by atoms with Gasteiger partial charge in [-0.05, 0) is 35.0 Å². The van der Waals surface area contributed by atoms with Gasteiger partial charge in [0.2, 0.25) is 0 Å². The number of fused-ring (bicyclic) bond motifs is 2. The van der Waals surface area contributed by atoms with Crippen LogP contribution in [0.3, 0.4) is 0 Å². The van der Waals surface area contributed by atoms with Crippen molar-refractivity contribution in [1.29, 1.82) is 0 Å². The molecule has 7 heteroatoms. The summed E-state index contributed by atoms with van der Waals surface area (Å²) in [5, 5.41) is 4.45. The minimum atomic E-state index is -0.652. The van der Waals surface area contributed by atoms with Gasteiger partial charge in [0.25, 0.3) is 17.7 Å². The van der Waals surface area contributed by atoms with E-state index in [0.29, 0.717) is 16.7 Å². The maximum absolute atomic E-state index is 12.3. The average Bonchev–Trinajstić information content (AvgIpc) is 3.02. The number of hydrogen-bond acceptors (Lipinski definition) is 5. The third-order valence-electron chi connectivity index (χ3n) is 4.86. The molecule has 1 aliphatic rings. The molecular weight excluding hydrogens is 384 g/mol. The molecule has 0 aliphatic carbocycles. The first-order valence-electron chi connectivity index (χ1n) is 9.42. The summed E-state index contributed by atoms with van der Waals surface area (Å²) in [5.41, 5.74) is 1.13. The molecule has 0 spiro atoms. The molecule has 4 rings (SSSR count). The Bertz CT molecular complexity index is 1140. The number of benzene rings is 3. The summed E-state index contributed by atoms with van der Waals surface area (Å²) >= 11 is 0. The molecule has 150 valence electrons. The number of carbonyl (C=O) groups is 4. The molecule has 0 saturated carbocycles. The average molecular weight is 402 g/mol. The summed E-state index contributed by atoms with van der Waals surface area (Å²) in [6.45, 7) is -0.499. The molecule has 1 heterocycles. The van der Waals surface area contributed by atoms with Gasteiger partial charge < -0.3 is 10.1 Å². The van der Waals surface area contributed by atoms with Crippen LogP contribution >= 0.6 is 0 Å². The molecule has 1 N–H and O–H groups in total. The van der Waals surface area contributed by atoms with Crippen LogP contribution in [-0.4, -0.2) is 48.3 Å². The van der Waals surface area contributed by atoms with Gasteiger partial charge in [0.05, 0.1) is 17.7 Å². The third kappa shape index (κ3) is 3.77. The smallest absolute Gasteiger partial charge is 0.325 e. The summed E-state index contributed by atoms with van der Waals surface area (Å²) < 4.78 is 5.06. The van der Waals surface area contributed by atoms with Gasteiger partial charge >= 0.3 is 5.97 Å². The Hall–Kier alpha value is -4.00. The fraction of sp³-hybridized carbons (Fsp3) is 0.130. The highest BCUT2D eigenvalue weighted by Crippen LogP contribution is 2.22. The van der Waals surface area contributed by atoms with Crippen molar-refractivity contribution in [3.8, 4) is 0 Å². The summed E-state index contributed by atoms with van der Waals surface area (Å²) in [7, 11) is 0. The van der Waals surface area contributed by atoms with E-state index in [1.54, 1.807) is 36.4 Å². The zero-order chi connectivity index (χ0) is 21.1. The van der Waals surface area contributed by atoms with Crippen LogP contribution in [0.25, 0.3) is 10.8 Å². The van der Waals surface area contributed by atoms with Gasteiger partial charge in [-0.1, -0.05) is 42.5 Å². The largest absolute Gasteiger partial charge is 0.462 e. The van der Waals surface area contributed by atoms with Gasteiger partial charge in [0.1, 0.15) is 13.2 Å². The highest BCUT2D eigenvalue weighted by molar-refractivity contribution is 6.21. The molecule has 0 unspecified atom stereocenters. The van der Waals surface area contributed by atoms with E-state index in [0.717, 1.165) is 15.7 Å². The van der Waals surface area contributed by atoms with E-state index in [1.165, 1.54) is 0 Å². The number of esters is 1. The van der Waals surface area contributed by atoms with Crippen molar-refractivity contribution in [1.82, 2.24) is 10.2 Å². The molecule has 0 radical (unpaired) electrons. The molecule has 3 aromatic rings. The summed E-state index contributed by atoms with van der Waals surface area (Å²) in [5.74, 6) is -1.86. The zero-order valence-corrected chi connectivity index (χ0v) is 16.0. The van der Waals surface area contributed by atoms with Crippen molar-refractivity contribution in [3.63, 3.8) is 0 Å². The number of amides is 3. The lowest BCUT2D eigenvalue weighted by Crippen LogP contribution is -2.35. The van der Waals surface area contributed by atoms with Crippen LogP contribution in [0.15, 0.2) is 66.7 Å². The highest BCUT2D eigenvalue weighted by Gasteiger charge is 2.34. The van der Waals surface area contributed by atoms with Crippen LogP contribution in [0.5, 0.6) is 0 Å². The van der Waals surface area contributed by atoms with E-state index >= 15 is 0 Å². The standard InChI is InChI=1S/C23H18N2O5/c26-20(14-24-21(27)17-10-9-15-5-1-2-6-16(15)13-17)30-12-11-25-22(28)18-7-3-4-8-19(18)23(25)29/h1-10,13H,11-12,14H2,(H,24,27). The Labute approximate surface area is 172 Å². The van der Waals surface area contributed by atoms with Crippen molar-refractivity contribution in [2.24, 2.45) is 0 Å². The van der Waals surface area contributed by atoms with E-state index in [2.05, 4.69) is 5.32 Å². The minimum Gasteiger partial charge on any atom is -0.462 e.